The van der Waals surface area contributed by atoms with Gasteiger partial charge >= 0.3 is 0 Å². The fourth-order valence-electron chi connectivity index (χ4n) is 4.34. The number of hydrogen-bond acceptors (Lipinski definition) is 0. The molecule has 0 spiro atoms. The monoisotopic (exact) mass is 194 g/mol. The Morgan fingerprint density at radius 3 is 2.36 bits per heavy atom. The largest absolute Gasteiger partial charge is 0.0651 e. The molecule has 0 amide bonds. The van der Waals surface area contributed by atoms with E-state index in [1.165, 1.54) is 38.5 Å². The maximum absolute atomic E-state index is 2.52. The molecule has 0 radical (unpaired) electrons. The summed E-state index contributed by atoms with van der Waals surface area (Å²) in [4.78, 5) is 0. The van der Waals surface area contributed by atoms with Gasteiger partial charge in [-0.2, -0.15) is 0 Å². The van der Waals surface area contributed by atoms with E-state index in [-0.39, 0.29) is 0 Å². The second-order valence-corrected chi connectivity index (χ2v) is 5.87. The van der Waals surface area contributed by atoms with Crippen molar-refractivity contribution in [3.05, 3.63) is 0 Å². The van der Waals surface area contributed by atoms with Crippen LogP contribution in [0.2, 0.25) is 0 Å². The molecular weight excluding hydrogens is 168 g/mol. The molecule has 82 valence electrons. The summed E-state index contributed by atoms with van der Waals surface area (Å²) in [5.74, 6) is 5.25. The van der Waals surface area contributed by atoms with E-state index >= 15 is 0 Å². The molecular formula is C14H26. The Hall–Kier alpha value is 0. The summed E-state index contributed by atoms with van der Waals surface area (Å²) in [6.45, 7) is 7.42. The molecule has 0 nitrogen and oxygen atoms in total. The number of rotatable bonds is 1. The molecule has 0 N–H and O–H groups in total. The molecule has 0 bridgehead atoms. The van der Waals surface area contributed by atoms with E-state index in [1.54, 1.807) is 0 Å². The van der Waals surface area contributed by atoms with Gasteiger partial charge in [0.05, 0.1) is 0 Å². The summed E-state index contributed by atoms with van der Waals surface area (Å²) in [5, 5.41) is 0. The molecule has 14 heavy (non-hydrogen) atoms. The van der Waals surface area contributed by atoms with Crippen LogP contribution in [0.15, 0.2) is 0 Å². The van der Waals surface area contributed by atoms with Crippen molar-refractivity contribution < 1.29 is 0 Å². The Kier molecular flexibility index (Phi) is 3.19. The molecule has 5 atom stereocenters. The summed E-state index contributed by atoms with van der Waals surface area (Å²) in [5.41, 5.74) is 0. The van der Waals surface area contributed by atoms with Crippen molar-refractivity contribution in [1.82, 2.24) is 0 Å². The molecule has 0 aliphatic heterocycles. The van der Waals surface area contributed by atoms with Crippen LogP contribution in [-0.2, 0) is 0 Å². The lowest BCUT2D eigenvalue weighted by Crippen LogP contribution is -2.24. The van der Waals surface area contributed by atoms with Crippen LogP contribution in [0.1, 0.15) is 59.3 Å². The van der Waals surface area contributed by atoms with Gasteiger partial charge in [-0.05, 0) is 42.4 Å². The van der Waals surface area contributed by atoms with Crippen molar-refractivity contribution in [2.24, 2.45) is 29.6 Å². The fraction of sp³-hybridized carbons (Fsp3) is 1.00. The number of fused-ring (bicyclic) bond motifs is 1. The van der Waals surface area contributed by atoms with E-state index < -0.39 is 0 Å². The van der Waals surface area contributed by atoms with Gasteiger partial charge in [0.25, 0.3) is 0 Å². The summed E-state index contributed by atoms with van der Waals surface area (Å²) >= 11 is 0. The third kappa shape index (κ3) is 1.73. The minimum absolute atomic E-state index is 1.01. The topological polar surface area (TPSA) is 0 Å². The van der Waals surface area contributed by atoms with E-state index in [0.717, 1.165) is 29.6 Å². The van der Waals surface area contributed by atoms with Crippen LogP contribution < -0.4 is 0 Å². The Labute approximate surface area is 89.5 Å². The standard InChI is InChI=1S/C14H26/c1-4-12-8-9-13-10(2)6-5-7-11(3)14(12)13/h10-14H,4-9H2,1-3H3. The van der Waals surface area contributed by atoms with Gasteiger partial charge in [-0.3, -0.25) is 0 Å². The average molecular weight is 194 g/mol. The van der Waals surface area contributed by atoms with Gasteiger partial charge in [0.1, 0.15) is 0 Å². The fourth-order valence-corrected chi connectivity index (χ4v) is 4.34. The zero-order valence-electron chi connectivity index (χ0n) is 10.1. The van der Waals surface area contributed by atoms with Gasteiger partial charge in [-0.25, -0.2) is 0 Å². The van der Waals surface area contributed by atoms with Crippen LogP contribution in [0.4, 0.5) is 0 Å². The Morgan fingerprint density at radius 1 is 0.929 bits per heavy atom. The minimum atomic E-state index is 1.01. The molecule has 0 aromatic rings. The second-order valence-electron chi connectivity index (χ2n) is 5.87. The lowest BCUT2D eigenvalue weighted by atomic mass is 9.75. The summed E-state index contributed by atoms with van der Waals surface area (Å²) in [6, 6.07) is 0. The van der Waals surface area contributed by atoms with E-state index in [0.29, 0.717) is 0 Å². The van der Waals surface area contributed by atoms with Gasteiger partial charge in [0, 0.05) is 0 Å². The number of hydrogen-bond donors (Lipinski definition) is 0. The summed E-state index contributed by atoms with van der Waals surface area (Å²) < 4.78 is 0. The molecule has 0 heteroatoms. The highest BCUT2D eigenvalue weighted by atomic mass is 14.5. The van der Waals surface area contributed by atoms with Gasteiger partial charge < -0.3 is 0 Å². The van der Waals surface area contributed by atoms with Crippen molar-refractivity contribution in [1.29, 1.82) is 0 Å². The van der Waals surface area contributed by atoms with E-state index in [1.807, 2.05) is 0 Å². The quantitative estimate of drug-likeness (QED) is 0.577. The van der Waals surface area contributed by atoms with Crippen molar-refractivity contribution in [2.75, 3.05) is 0 Å². The average Bonchev–Trinajstić information content (AvgIpc) is 2.55. The highest BCUT2D eigenvalue weighted by Crippen LogP contribution is 2.50. The predicted octanol–water partition coefficient (Wildman–Crippen LogP) is 4.49. The molecule has 2 aliphatic carbocycles. The SMILES string of the molecule is CCC1CCC2C(C)CCCC(C)C12. The first-order chi connectivity index (χ1) is 6.74. The molecule has 5 unspecified atom stereocenters. The van der Waals surface area contributed by atoms with E-state index in [4.69, 9.17) is 0 Å². The molecule has 0 saturated heterocycles. The first-order valence-corrected chi connectivity index (χ1v) is 6.74. The van der Waals surface area contributed by atoms with Crippen LogP contribution in [0.3, 0.4) is 0 Å². The third-order valence-electron chi connectivity index (χ3n) is 5.14. The second kappa shape index (κ2) is 4.24. The smallest absolute Gasteiger partial charge is 0.0329 e. The van der Waals surface area contributed by atoms with Crippen LogP contribution in [-0.4, -0.2) is 0 Å². The van der Waals surface area contributed by atoms with Crippen LogP contribution >= 0.6 is 0 Å². The Morgan fingerprint density at radius 2 is 1.64 bits per heavy atom. The minimum Gasteiger partial charge on any atom is -0.0651 e. The first-order valence-electron chi connectivity index (χ1n) is 6.74. The summed E-state index contributed by atoms with van der Waals surface area (Å²) in [6.07, 6.45) is 8.99. The molecule has 0 heterocycles. The predicted molar refractivity (Wildman–Crippen MR) is 62.2 cm³/mol. The van der Waals surface area contributed by atoms with Gasteiger partial charge in [0.2, 0.25) is 0 Å². The lowest BCUT2D eigenvalue weighted by molar-refractivity contribution is 0.186. The maximum atomic E-state index is 2.52. The molecule has 2 fully saturated rings. The lowest BCUT2D eigenvalue weighted by Gasteiger charge is -2.30. The van der Waals surface area contributed by atoms with E-state index in [9.17, 15) is 0 Å². The molecule has 0 aromatic heterocycles. The maximum Gasteiger partial charge on any atom is -0.0329 e. The van der Waals surface area contributed by atoms with Gasteiger partial charge in [-0.1, -0.05) is 46.5 Å². The molecule has 0 aromatic carbocycles. The van der Waals surface area contributed by atoms with Crippen LogP contribution in [0, 0.1) is 29.6 Å². The third-order valence-corrected chi connectivity index (χ3v) is 5.14. The zero-order chi connectivity index (χ0) is 10.1. The summed E-state index contributed by atoms with van der Waals surface area (Å²) in [7, 11) is 0. The molecule has 2 rings (SSSR count). The van der Waals surface area contributed by atoms with Crippen LogP contribution in [0.5, 0.6) is 0 Å². The zero-order valence-corrected chi connectivity index (χ0v) is 10.1. The highest BCUT2D eigenvalue weighted by molar-refractivity contribution is 4.91. The van der Waals surface area contributed by atoms with Crippen molar-refractivity contribution in [2.45, 2.75) is 59.3 Å². The normalized spacial score (nSPS) is 48.6. The van der Waals surface area contributed by atoms with Gasteiger partial charge in [-0.15, -0.1) is 0 Å². The Balaban J connectivity index is 2.14. The first kappa shape index (κ1) is 10.5. The van der Waals surface area contributed by atoms with Gasteiger partial charge in [0.15, 0.2) is 0 Å². The molecule has 2 aliphatic rings. The highest BCUT2D eigenvalue weighted by Gasteiger charge is 2.41. The van der Waals surface area contributed by atoms with E-state index in [2.05, 4.69) is 20.8 Å². The van der Waals surface area contributed by atoms with Crippen molar-refractivity contribution in [3.63, 3.8) is 0 Å². The van der Waals surface area contributed by atoms with Crippen molar-refractivity contribution in [3.8, 4) is 0 Å². The van der Waals surface area contributed by atoms with Crippen LogP contribution in [0.25, 0.3) is 0 Å². The molecule has 2 saturated carbocycles. The van der Waals surface area contributed by atoms with Crippen molar-refractivity contribution >= 4 is 0 Å². The Bertz CT molecular complexity index is 184.